The molecule has 0 saturated heterocycles. The van der Waals surface area contributed by atoms with Crippen molar-refractivity contribution >= 4 is 23.6 Å². The zero-order valence-corrected chi connectivity index (χ0v) is 24.4. The quantitative estimate of drug-likeness (QED) is 0.370. The maximum absolute atomic E-state index is 14.0. The summed E-state index contributed by atoms with van der Waals surface area (Å²) in [7, 11) is 0. The lowest BCUT2D eigenvalue weighted by atomic mass is 9.96. The van der Waals surface area contributed by atoms with Crippen LogP contribution in [0.4, 0.5) is 10.5 Å². The standard InChI is InChI=1S/C31H45N3O4/c1-20(2)17-18-23(5)34(29(36)24(6)32-30(37)38-31(7,8)9)27(25-15-12-13-21(3)19-25)28(35)33-26-16-11-10-14-22(26)4/h10-16,19-20,23-24,27H,17-18H2,1-9H3,(H,32,37)(H,33,35). The number of nitrogens with one attached hydrogen (secondary N) is 2. The normalized spacial score (nSPS) is 13.8. The molecule has 3 atom stereocenters. The second kappa shape index (κ2) is 13.4. The van der Waals surface area contributed by atoms with Crippen LogP contribution in [0.3, 0.4) is 0 Å². The number of hydrogen-bond acceptors (Lipinski definition) is 4. The SMILES string of the molecule is Cc1cccc(C(C(=O)Nc2ccccc2C)N(C(=O)C(C)NC(=O)OC(C)(C)C)C(C)CCC(C)C)c1. The topological polar surface area (TPSA) is 87.7 Å². The van der Waals surface area contributed by atoms with E-state index in [1.54, 1.807) is 32.6 Å². The van der Waals surface area contributed by atoms with E-state index in [4.69, 9.17) is 4.74 Å². The van der Waals surface area contributed by atoms with Crippen molar-refractivity contribution in [3.05, 3.63) is 65.2 Å². The van der Waals surface area contributed by atoms with Gasteiger partial charge >= 0.3 is 6.09 Å². The third-order valence-corrected chi connectivity index (χ3v) is 6.28. The van der Waals surface area contributed by atoms with Crippen molar-refractivity contribution in [2.45, 2.75) is 98.9 Å². The highest BCUT2D eigenvalue weighted by Crippen LogP contribution is 2.29. The van der Waals surface area contributed by atoms with E-state index in [-0.39, 0.29) is 17.9 Å². The summed E-state index contributed by atoms with van der Waals surface area (Å²) in [4.78, 5) is 42.1. The molecule has 2 rings (SSSR count). The third kappa shape index (κ3) is 9.19. The molecule has 7 heteroatoms. The number of hydrogen-bond donors (Lipinski definition) is 2. The maximum Gasteiger partial charge on any atom is 0.408 e. The van der Waals surface area contributed by atoms with Gasteiger partial charge in [-0.3, -0.25) is 9.59 Å². The van der Waals surface area contributed by atoms with E-state index in [0.717, 1.165) is 17.5 Å². The summed E-state index contributed by atoms with van der Waals surface area (Å²) in [5.41, 5.74) is 2.62. The van der Waals surface area contributed by atoms with Crippen LogP contribution in [-0.2, 0) is 14.3 Å². The first-order chi connectivity index (χ1) is 17.7. The molecule has 0 aliphatic carbocycles. The predicted octanol–water partition coefficient (Wildman–Crippen LogP) is 6.55. The van der Waals surface area contributed by atoms with Crippen LogP contribution in [0.5, 0.6) is 0 Å². The first-order valence-corrected chi connectivity index (χ1v) is 13.4. The van der Waals surface area contributed by atoms with Crippen LogP contribution in [0, 0.1) is 19.8 Å². The molecule has 3 amide bonds. The van der Waals surface area contributed by atoms with Gasteiger partial charge < -0.3 is 20.3 Å². The molecular formula is C31H45N3O4. The number of benzene rings is 2. The van der Waals surface area contributed by atoms with Gasteiger partial charge in [0.2, 0.25) is 5.91 Å². The number of carbonyl (C=O) groups is 3. The van der Waals surface area contributed by atoms with Gasteiger partial charge in [-0.25, -0.2) is 4.79 Å². The van der Waals surface area contributed by atoms with E-state index >= 15 is 0 Å². The Labute approximate surface area is 228 Å². The van der Waals surface area contributed by atoms with Gasteiger partial charge in [0.05, 0.1) is 0 Å². The maximum atomic E-state index is 14.0. The molecule has 0 radical (unpaired) electrons. The van der Waals surface area contributed by atoms with Crippen molar-refractivity contribution in [3.8, 4) is 0 Å². The molecule has 0 aliphatic rings. The van der Waals surface area contributed by atoms with Gasteiger partial charge in [0.1, 0.15) is 17.7 Å². The monoisotopic (exact) mass is 523 g/mol. The van der Waals surface area contributed by atoms with Crippen molar-refractivity contribution < 1.29 is 19.1 Å². The van der Waals surface area contributed by atoms with E-state index in [1.165, 1.54) is 0 Å². The van der Waals surface area contributed by atoms with Crippen LogP contribution in [0.2, 0.25) is 0 Å². The zero-order chi connectivity index (χ0) is 28.6. The molecule has 0 heterocycles. The van der Waals surface area contributed by atoms with E-state index < -0.39 is 23.8 Å². The largest absolute Gasteiger partial charge is 0.444 e. The molecule has 2 aromatic rings. The van der Waals surface area contributed by atoms with Crippen molar-refractivity contribution in [2.75, 3.05) is 5.32 Å². The van der Waals surface area contributed by atoms with Crippen molar-refractivity contribution in [2.24, 2.45) is 5.92 Å². The van der Waals surface area contributed by atoms with Gasteiger partial charge in [0.15, 0.2) is 0 Å². The molecule has 0 fully saturated rings. The lowest BCUT2D eigenvalue weighted by Gasteiger charge is -2.38. The smallest absolute Gasteiger partial charge is 0.408 e. The Kier molecular flexibility index (Phi) is 10.9. The Balaban J connectivity index is 2.52. The second-order valence-corrected chi connectivity index (χ2v) is 11.6. The minimum atomic E-state index is -0.898. The summed E-state index contributed by atoms with van der Waals surface area (Å²) in [5, 5.41) is 5.72. The van der Waals surface area contributed by atoms with Gasteiger partial charge in [-0.05, 0) is 84.4 Å². The number of carbonyl (C=O) groups excluding carboxylic acids is 3. The molecule has 7 nitrogen and oxygen atoms in total. The van der Waals surface area contributed by atoms with Gasteiger partial charge in [0.25, 0.3) is 5.91 Å². The Bertz CT molecular complexity index is 1110. The number of aryl methyl sites for hydroxylation is 2. The summed E-state index contributed by atoms with van der Waals surface area (Å²) in [6, 6.07) is 13.2. The lowest BCUT2D eigenvalue weighted by molar-refractivity contribution is -0.143. The van der Waals surface area contributed by atoms with E-state index in [0.29, 0.717) is 23.6 Å². The molecule has 3 unspecified atom stereocenters. The average Bonchev–Trinajstić information content (AvgIpc) is 2.80. The number of nitrogens with zero attached hydrogens (tertiary/aromatic N) is 1. The predicted molar refractivity (Wildman–Crippen MR) is 153 cm³/mol. The van der Waals surface area contributed by atoms with Crippen LogP contribution >= 0.6 is 0 Å². The highest BCUT2D eigenvalue weighted by molar-refractivity contribution is 5.99. The molecular weight excluding hydrogens is 478 g/mol. The van der Waals surface area contributed by atoms with Crippen LogP contribution < -0.4 is 10.6 Å². The fourth-order valence-electron chi connectivity index (χ4n) is 4.27. The molecule has 208 valence electrons. The molecule has 0 aromatic heterocycles. The molecule has 0 aliphatic heterocycles. The first-order valence-electron chi connectivity index (χ1n) is 13.4. The number of alkyl carbamates (subject to hydrolysis) is 1. The van der Waals surface area contributed by atoms with Crippen LogP contribution in [-0.4, -0.2) is 40.5 Å². The molecule has 2 N–H and O–H groups in total. The summed E-state index contributed by atoms with van der Waals surface area (Å²) in [6.45, 7) is 17.0. The Morgan fingerprint density at radius 3 is 2.16 bits per heavy atom. The number of amides is 3. The molecule has 2 aromatic carbocycles. The Morgan fingerprint density at radius 1 is 0.921 bits per heavy atom. The zero-order valence-electron chi connectivity index (χ0n) is 24.4. The highest BCUT2D eigenvalue weighted by atomic mass is 16.6. The van der Waals surface area contributed by atoms with Gasteiger partial charge in [0, 0.05) is 11.7 Å². The average molecular weight is 524 g/mol. The number of anilines is 1. The number of rotatable bonds is 10. The third-order valence-electron chi connectivity index (χ3n) is 6.28. The number of ether oxygens (including phenoxy) is 1. The molecule has 0 spiro atoms. The van der Waals surface area contributed by atoms with Crippen molar-refractivity contribution in [1.82, 2.24) is 10.2 Å². The van der Waals surface area contributed by atoms with E-state index in [2.05, 4.69) is 24.5 Å². The van der Waals surface area contributed by atoms with Crippen LogP contribution in [0.15, 0.2) is 48.5 Å². The minimum absolute atomic E-state index is 0.263. The summed E-state index contributed by atoms with van der Waals surface area (Å²) in [6.07, 6.45) is 0.922. The summed E-state index contributed by atoms with van der Waals surface area (Å²) >= 11 is 0. The highest BCUT2D eigenvalue weighted by Gasteiger charge is 2.37. The van der Waals surface area contributed by atoms with Crippen LogP contribution in [0.25, 0.3) is 0 Å². The van der Waals surface area contributed by atoms with Gasteiger partial charge in [-0.1, -0.05) is 61.9 Å². The Morgan fingerprint density at radius 2 is 1.58 bits per heavy atom. The minimum Gasteiger partial charge on any atom is -0.444 e. The number of para-hydroxylation sites is 1. The van der Waals surface area contributed by atoms with Crippen molar-refractivity contribution in [3.63, 3.8) is 0 Å². The van der Waals surface area contributed by atoms with E-state index in [1.807, 2.05) is 69.3 Å². The lowest BCUT2D eigenvalue weighted by Crippen LogP contribution is -2.54. The summed E-state index contributed by atoms with van der Waals surface area (Å²) in [5.74, 6) is -0.220. The molecule has 38 heavy (non-hydrogen) atoms. The second-order valence-electron chi connectivity index (χ2n) is 11.6. The fourth-order valence-corrected chi connectivity index (χ4v) is 4.27. The van der Waals surface area contributed by atoms with Crippen molar-refractivity contribution in [1.29, 1.82) is 0 Å². The molecule has 0 saturated carbocycles. The summed E-state index contributed by atoms with van der Waals surface area (Å²) < 4.78 is 5.38. The van der Waals surface area contributed by atoms with Crippen LogP contribution in [0.1, 0.15) is 84.0 Å². The van der Waals surface area contributed by atoms with E-state index in [9.17, 15) is 14.4 Å². The van der Waals surface area contributed by atoms with Gasteiger partial charge in [-0.2, -0.15) is 0 Å². The fraction of sp³-hybridized carbons (Fsp3) is 0.516. The first kappa shape index (κ1) is 30.9. The van der Waals surface area contributed by atoms with Gasteiger partial charge in [-0.15, -0.1) is 0 Å². The molecule has 0 bridgehead atoms. The Hall–Kier alpha value is -3.35.